The number of hydrogen-bond acceptors (Lipinski definition) is 3. The number of halogens is 3. The van der Waals surface area contributed by atoms with E-state index in [4.69, 9.17) is 39.8 Å². The zero-order valence-corrected chi connectivity index (χ0v) is 19.4. The van der Waals surface area contributed by atoms with E-state index >= 15 is 0 Å². The van der Waals surface area contributed by atoms with Gasteiger partial charge in [-0.1, -0.05) is 59.8 Å². The SMILES string of the molecule is Cn1c(C(=O)NN2CCCCCC2)nc(-c2ccc(Cl)cc2Cl)c1-c1ccc(Cl)cc1. The zero-order chi connectivity index (χ0) is 22.0. The monoisotopic (exact) mass is 476 g/mol. The fourth-order valence-corrected chi connectivity index (χ4v) is 4.51. The predicted octanol–water partition coefficient (Wildman–Crippen LogP) is 6.24. The first kappa shape index (κ1) is 22.2. The Hall–Kier alpha value is -2.05. The van der Waals surface area contributed by atoms with Crippen molar-refractivity contribution in [1.82, 2.24) is 20.0 Å². The third kappa shape index (κ3) is 4.90. The minimum Gasteiger partial charge on any atom is -0.322 e. The van der Waals surface area contributed by atoms with E-state index in [1.165, 1.54) is 12.8 Å². The average Bonchev–Trinajstić information content (AvgIpc) is 2.89. The first-order valence-corrected chi connectivity index (χ1v) is 11.4. The summed E-state index contributed by atoms with van der Waals surface area (Å²) in [6.07, 6.45) is 4.52. The Balaban J connectivity index is 1.78. The van der Waals surface area contributed by atoms with Crippen molar-refractivity contribution in [3.63, 3.8) is 0 Å². The third-order valence-electron chi connectivity index (χ3n) is 5.47. The third-order valence-corrected chi connectivity index (χ3v) is 6.27. The molecule has 0 atom stereocenters. The number of amides is 1. The maximum absolute atomic E-state index is 13.2. The fourth-order valence-electron chi connectivity index (χ4n) is 3.89. The standard InChI is InChI=1S/C23H23Cl3N4O/c1-29-21(15-6-8-16(24)9-7-15)20(18-11-10-17(25)14-19(18)26)27-22(29)23(31)28-30-12-4-2-3-5-13-30/h6-11,14H,2-5,12-13H2,1H3,(H,28,31). The van der Waals surface area contributed by atoms with E-state index in [0.717, 1.165) is 37.2 Å². The van der Waals surface area contributed by atoms with Gasteiger partial charge in [0, 0.05) is 41.3 Å². The molecule has 5 nitrogen and oxygen atoms in total. The second-order valence-corrected chi connectivity index (χ2v) is 8.94. The van der Waals surface area contributed by atoms with Gasteiger partial charge in [0.2, 0.25) is 5.82 Å². The Labute approximate surface area is 196 Å². The van der Waals surface area contributed by atoms with Crippen LogP contribution >= 0.6 is 34.8 Å². The van der Waals surface area contributed by atoms with Crippen LogP contribution in [0.2, 0.25) is 15.1 Å². The number of hydrogen-bond donors (Lipinski definition) is 1. The molecule has 8 heteroatoms. The van der Waals surface area contributed by atoms with E-state index in [2.05, 4.69) is 5.43 Å². The first-order chi connectivity index (χ1) is 14.9. The lowest BCUT2D eigenvalue weighted by Crippen LogP contribution is -2.43. The summed E-state index contributed by atoms with van der Waals surface area (Å²) < 4.78 is 1.80. The first-order valence-electron chi connectivity index (χ1n) is 10.3. The number of hydrazine groups is 1. The minimum absolute atomic E-state index is 0.240. The molecule has 0 unspecified atom stereocenters. The lowest BCUT2D eigenvalue weighted by atomic mass is 10.0. The van der Waals surface area contributed by atoms with Crippen LogP contribution in [0.1, 0.15) is 36.3 Å². The van der Waals surface area contributed by atoms with Gasteiger partial charge in [0.1, 0.15) is 0 Å². The molecule has 1 fully saturated rings. The lowest BCUT2D eigenvalue weighted by molar-refractivity contribution is 0.0780. The molecule has 2 aromatic carbocycles. The van der Waals surface area contributed by atoms with Crippen molar-refractivity contribution >= 4 is 40.7 Å². The number of carbonyl (C=O) groups is 1. The summed E-state index contributed by atoms with van der Waals surface area (Å²) in [5.74, 6) is 0.0752. The van der Waals surface area contributed by atoms with E-state index in [9.17, 15) is 4.79 Å². The molecule has 1 aromatic heterocycles. The van der Waals surface area contributed by atoms with Crippen LogP contribution in [-0.4, -0.2) is 33.6 Å². The molecule has 31 heavy (non-hydrogen) atoms. The smallest absolute Gasteiger partial charge is 0.301 e. The Morgan fingerprint density at radius 3 is 2.23 bits per heavy atom. The van der Waals surface area contributed by atoms with Crippen molar-refractivity contribution in [3.05, 3.63) is 63.4 Å². The fraction of sp³-hybridized carbons (Fsp3) is 0.304. The van der Waals surface area contributed by atoms with Gasteiger partial charge in [-0.05, 0) is 43.2 Å². The van der Waals surface area contributed by atoms with Crippen molar-refractivity contribution in [3.8, 4) is 22.5 Å². The normalized spacial score (nSPS) is 15.0. The molecular formula is C23H23Cl3N4O. The number of benzene rings is 2. The summed E-state index contributed by atoms with van der Waals surface area (Å²) in [4.78, 5) is 17.9. The maximum Gasteiger partial charge on any atom is 0.301 e. The summed E-state index contributed by atoms with van der Waals surface area (Å²) in [7, 11) is 1.83. The largest absolute Gasteiger partial charge is 0.322 e. The Bertz CT molecular complexity index is 1090. The Morgan fingerprint density at radius 1 is 0.935 bits per heavy atom. The molecule has 1 aliphatic rings. The topological polar surface area (TPSA) is 50.2 Å². The zero-order valence-electron chi connectivity index (χ0n) is 17.2. The highest BCUT2D eigenvalue weighted by Gasteiger charge is 2.25. The van der Waals surface area contributed by atoms with Gasteiger partial charge < -0.3 is 4.57 Å². The minimum atomic E-state index is -0.240. The highest BCUT2D eigenvalue weighted by atomic mass is 35.5. The maximum atomic E-state index is 13.2. The van der Waals surface area contributed by atoms with Gasteiger partial charge in [0.05, 0.1) is 16.4 Å². The molecule has 1 saturated heterocycles. The summed E-state index contributed by atoms with van der Waals surface area (Å²) in [6, 6.07) is 12.7. The van der Waals surface area contributed by atoms with Gasteiger partial charge in [-0.15, -0.1) is 0 Å². The molecule has 1 aliphatic heterocycles. The van der Waals surface area contributed by atoms with Crippen LogP contribution in [0.15, 0.2) is 42.5 Å². The molecule has 0 radical (unpaired) electrons. The summed E-state index contributed by atoms with van der Waals surface area (Å²) in [5.41, 5.74) is 6.02. The van der Waals surface area contributed by atoms with Crippen molar-refractivity contribution < 1.29 is 4.79 Å². The quantitative estimate of drug-likeness (QED) is 0.484. The number of rotatable bonds is 4. The van der Waals surface area contributed by atoms with Crippen molar-refractivity contribution in [1.29, 1.82) is 0 Å². The van der Waals surface area contributed by atoms with Crippen LogP contribution in [-0.2, 0) is 7.05 Å². The molecule has 0 saturated carbocycles. The summed E-state index contributed by atoms with van der Waals surface area (Å²) in [5, 5.41) is 3.63. The molecule has 1 amide bonds. The Morgan fingerprint density at radius 2 is 1.58 bits per heavy atom. The number of carbonyl (C=O) groups excluding carboxylic acids is 1. The van der Waals surface area contributed by atoms with E-state index < -0.39 is 0 Å². The molecule has 162 valence electrons. The summed E-state index contributed by atoms with van der Waals surface area (Å²) >= 11 is 18.7. The van der Waals surface area contributed by atoms with Crippen LogP contribution in [0.4, 0.5) is 0 Å². The number of nitrogens with one attached hydrogen (secondary N) is 1. The van der Waals surface area contributed by atoms with E-state index in [1.54, 1.807) is 16.7 Å². The van der Waals surface area contributed by atoms with Gasteiger partial charge >= 0.3 is 5.91 Å². The number of imidazole rings is 1. The van der Waals surface area contributed by atoms with E-state index in [-0.39, 0.29) is 5.91 Å². The van der Waals surface area contributed by atoms with Crippen LogP contribution in [0.3, 0.4) is 0 Å². The van der Waals surface area contributed by atoms with Gasteiger partial charge in [0.25, 0.3) is 0 Å². The molecule has 4 rings (SSSR count). The molecule has 1 N–H and O–H groups in total. The molecular weight excluding hydrogens is 455 g/mol. The van der Waals surface area contributed by atoms with Crippen molar-refractivity contribution in [2.24, 2.45) is 7.05 Å². The number of nitrogens with zero attached hydrogens (tertiary/aromatic N) is 3. The summed E-state index contributed by atoms with van der Waals surface area (Å²) in [6.45, 7) is 1.69. The van der Waals surface area contributed by atoms with Crippen LogP contribution < -0.4 is 5.43 Å². The van der Waals surface area contributed by atoms with E-state index in [1.807, 2.05) is 42.4 Å². The molecule has 0 aliphatic carbocycles. The van der Waals surface area contributed by atoms with Crippen molar-refractivity contribution in [2.45, 2.75) is 25.7 Å². The van der Waals surface area contributed by atoms with Crippen LogP contribution in [0.5, 0.6) is 0 Å². The highest BCUT2D eigenvalue weighted by molar-refractivity contribution is 6.36. The van der Waals surface area contributed by atoms with Crippen LogP contribution in [0, 0.1) is 0 Å². The second-order valence-electron chi connectivity index (χ2n) is 7.66. The Kier molecular flexibility index (Phi) is 6.87. The van der Waals surface area contributed by atoms with Crippen molar-refractivity contribution in [2.75, 3.05) is 13.1 Å². The highest BCUT2D eigenvalue weighted by Crippen LogP contribution is 2.37. The van der Waals surface area contributed by atoms with Gasteiger partial charge in [-0.25, -0.2) is 9.99 Å². The molecule has 0 spiro atoms. The number of aromatic nitrogens is 2. The predicted molar refractivity (Wildman–Crippen MR) is 127 cm³/mol. The molecule has 3 aromatic rings. The molecule has 0 bridgehead atoms. The van der Waals surface area contributed by atoms with Crippen LogP contribution in [0.25, 0.3) is 22.5 Å². The lowest BCUT2D eigenvalue weighted by Gasteiger charge is -2.20. The van der Waals surface area contributed by atoms with Gasteiger partial charge in [-0.3, -0.25) is 10.2 Å². The molecule has 2 heterocycles. The second kappa shape index (κ2) is 9.61. The van der Waals surface area contributed by atoms with E-state index in [0.29, 0.717) is 32.1 Å². The average molecular weight is 478 g/mol. The van der Waals surface area contributed by atoms with Gasteiger partial charge in [0.15, 0.2) is 0 Å². The van der Waals surface area contributed by atoms with Gasteiger partial charge in [-0.2, -0.15) is 0 Å².